The first kappa shape index (κ1) is 9.80. The molecule has 2 unspecified atom stereocenters. The highest BCUT2D eigenvalue weighted by Gasteiger charge is 2.47. The van der Waals surface area contributed by atoms with E-state index < -0.39 is 9.84 Å². The minimum Gasteiger partial charge on any atom is -0.298 e. The fourth-order valence-electron chi connectivity index (χ4n) is 1.98. The Balaban J connectivity index is 2.09. The van der Waals surface area contributed by atoms with E-state index in [2.05, 4.69) is 12.2 Å². The van der Waals surface area contributed by atoms with Crippen LogP contribution in [0, 0.1) is 0 Å². The van der Waals surface area contributed by atoms with Crippen LogP contribution in [0.25, 0.3) is 0 Å². The molecule has 3 nitrogen and oxygen atoms in total. The Kier molecular flexibility index (Phi) is 2.37. The van der Waals surface area contributed by atoms with Gasteiger partial charge in [-0.3, -0.25) is 5.32 Å². The molecule has 2 fully saturated rings. The Bertz CT molecular complexity index is 301. The molecule has 0 radical (unpaired) electrons. The monoisotopic (exact) mass is 221 g/mol. The minimum atomic E-state index is -2.75. The lowest BCUT2D eigenvalue weighted by molar-refractivity contribution is 0.462. The largest absolute Gasteiger partial charge is 0.298 e. The summed E-state index contributed by atoms with van der Waals surface area (Å²) in [5.41, 5.74) is 0. The van der Waals surface area contributed by atoms with Crippen LogP contribution in [0.4, 0.5) is 0 Å². The van der Waals surface area contributed by atoms with Crippen molar-refractivity contribution in [3.05, 3.63) is 0 Å². The Morgan fingerprint density at radius 2 is 2.38 bits per heavy atom. The van der Waals surface area contributed by atoms with E-state index in [-0.39, 0.29) is 4.87 Å². The van der Waals surface area contributed by atoms with E-state index in [1.54, 1.807) is 11.8 Å². The quantitative estimate of drug-likeness (QED) is 0.705. The standard InChI is InChI=1S/C8H15NO2S2/c1-2-7-5-12-8(9-7)3-4-13(10,11)6-8/h7,9H,2-6H2,1H3. The van der Waals surface area contributed by atoms with Crippen LogP contribution in [0.1, 0.15) is 19.8 Å². The zero-order valence-electron chi connectivity index (χ0n) is 7.75. The van der Waals surface area contributed by atoms with Crippen LogP contribution in [0.3, 0.4) is 0 Å². The summed E-state index contributed by atoms with van der Waals surface area (Å²) >= 11 is 1.80. The third-order valence-corrected chi connectivity index (χ3v) is 6.32. The van der Waals surface area contributed by atoms with E-state index in [0.29, 0.717) is 17.5 Å². The Labute approximate surface area is 83.6 Å². The summed E-state index contributed by atoms with van der Waals surface area (Å²) in [6.45, 7) is 2.14. The van der Waals surface area contributed by atoms with Gasteiger partial charge in [0.05, 0.1) is 16.4 Å². The van der Waals surface area contributed by atoms with Crippen LogP contribution in [0.2, 0.25) is 0 Å². The van der Waals surface area contributed by atoms with Crippen LogP contribution < -0.4 is 5.32 Å². The van der Waals surface area contributed by atoms with Crippen molar-refractivity contribution in [2.45, 2.75) is 30.7 Å². The average Bonchev–Trinajstić information content (AvgIpc) is 2.57. The molecular formula is C8H15NO2S2. The molecule has 0 aromatic rings. The number of hydrogen-bond acceptors (Lipinski definition) is 4. The van der Waals surface area contributed by atoms with Gasteiger partial charge in [0, 0.05) is 11.8 Å². The molecule has 2 saturated heterocycles. The fourth-order valence-corrected chi connectivity index (χ4v) is 6.06. The van der Waals surface area contributed by atoms with Gasteiger partial charge in [-0.1, -0.05) is 6.92 Å². The van der Waals surface area contributed by atoms with Crippen LogP contribution in [-0.4, -0.2) is 36.6 Å². The van der Waals surface area contributed by atoms with Crippen molar-refractivity contribution >= 4 is 21.6 Å². The molecule has 0 aromatic heterocycles. The predicted octanol–water partition coefficient (Wildman–Crippen LogP) is 0.616. The zero-order chi connectivity index (χ0) is 9.53. The number of nitrogens with one attached hydrogen (secondary N) is 1. The molecule has 76 valence electrons. The minimum absolute atomic E-state index is 0.125. The first-order valence-electron chi connectivity index (χ1n) is 4.67. The molecule has 2 aliphatic heterocycles. The average molecular weight is 221 g/mol. The van der Waals surface area contributed by atoms with Gasteiger partial charge < -0.3 is 0 Å². The molecule has 0 aliphatic carbocycles. The van der Waals surface area contributed by atoms with Gasteiger partial charge in [-0.15, -0.1) is 11.8 Å². The lowest BCUT2D eigenvalue weighted by Crippen LogP contribution is -2.42. The summed E-state index contributed by atoms with van der Waals surface area (Å²) in [5.74, 6) is 1.76. The SMILES string of the molecule is CCC1CSC2(CCS(=O)(=O)C2)N1. The highest BCUT2D eigenvalue weighted by atomic mass is 32.2. The van der Waals surface area contributed by atoms with Crippen LogP contribution in [0.5, 0.6) is 0 Å². The summed E-state index contributed by atoms with van der Waals surface area (Å²) < 4.78 is 22.7. The molecule has 1 spiro atoms. The fraction of sp³-hybridized carbons (Fsp3) is 1.00. The summed E-state index contributed by atoms with van der Waals surface area (Å²) in [6.07, 6.45) is 1.88. The van der Waals surface area contributed by atoms with Crippen LogP contribution in [0.15, 0.2) is 0 Å². The second-order valence-electron chi connectivity index (χ2n) is 3.90. The molecule has 0 amide bonds. The molecule has 2 atom stereocenters. The third-order valence-electron chi connectivity index (χ3n) is 2.79. The number of thioether (sulfide) groups is 1. The van der Waals surface area contributed by atoms with Gasteiger partial charge in [0.15, 0.2) is 9.84 Å². The molecule has 0 aromatic carbocycles. The van der Waals surface area contributed by atoms with Gasteiger partial charge >= 0.3 is 0 Å². The van der Waals surface area contributed by atoms with Crippen LogP contribution >= 0.6 is 11.8 Å². The smallest absolute Gasteiger partial charge is 0.153 e. The highest BCUT2D eigenvalue weighted by Crippen LogP contribution is 2.39. The molecule has 5 heteroatoms. The maximum atomic E-state index is 11.3. The van der Waals surface area contributed by atoms with Gasteiger partial charge in [0.2, 0.25) is 0 Å². The first-order chi connectivity index (χ1) is 6.05. The lowest BCUT2D eigenvalue weighted by Gasteiger charge is -2.21. The van der Waals surface area contributed by atoms with Crippen molar-refractivity contribution in [2.75, 3.05) is 17.3 Å². The summed E-state index contributed by atoms with van der Waals surface area (Å²) in [5, 5.41) is 3.46. The van der Waals surface area contributed by atoms with E-state index in [1.165, 1.54) is 0 Å². The second-order valence-corrected chi connectivity index (χ2v) is 7.48. The van der Waals surface area contributed by atoms with Gasteiger partial charge in [0.25, 0.3) is 0 Å². The topological polar surface area (TPSA) is 46.2 Å². The van der Waals surface area contributed by atoms with Crippen molar-refractivity contribution in [1.82, 2.24) is 5.32 Å². The molecule has 0 saturated carbocycles. The molecular weight excluding hydrogens is 206 g/mol. The highest BCUT2D eigenvalue weighted by molar-refractivity contribution is 8.02. The van der Waals surface area contributed by atoms with Gasteiger partial charge in [-0.25, -0.2) is 8.42 Å². The van der Waals surface area contributed by atoms with E-state index in [0.717, 1.165) is 18.6 Å². The molecule has 13 heavy (non-hydrogen) atoms. The maximum Gasteiger partial charge on any atom is 0.153 e. The number of sulfone groups is 1. The van der Waals surface area contributed by atoms with E-state index in [1.807, 2.05) is 0 Å². The third kappa shape index (κ3) is 1.87. The maximum absolute atomic E-state index is 11.3. The van der Waals surface area contributed by atoms with Crippen molar-refractivity contribution < 1.29 is 8.42 Å². The van der Waals surface area contributed by atoms with Crippen LogP contribution in [-0.2, 0) is 9.84 Å². The predicted molar refractivity (Wildman–Crippen MR) is 55.7 cm³/mol. The van der Waals surface area contributed by atoms with E-state index in [9.17, 15) is 8.42 Å². The molecule has 2 heterocycles. The molecule has 2 aliphatic rings. The van der Waals surface area contributed by atoms with Gasteiger partial charge in [-0.05, 0) is 12.8 Å². The lowest BCUT2D eigenvalue weighted by atomic mass is 10.2. The van der Waals surface area contributed by atoms with Crippen molar-refractivity contribution in [1.29, 1.82) is 0 Å². The van der Waals surface area contributed by atoms with Crippen molar-refractivity contribution in [3.63, 3.8) is 0 Å². The second kappa shape index (κ2) is 3.14. The molecule has 1 N–H and O–H groups in total. The summed E-state index contributed by atoms with van der Waals surface area (Å²) in [4.78, 5) is -0.125. The molecule has 2 rings (SSSR count). The van der Waals surface area contributed by atoms with Crippen molar-refractivity contribution in [3.8, 4) is 0 Å². The Hall–Kier alpha value is 0.260. The van der Waals surface area contributed by atoms with Crippen molar-refractivity contribution in [2.24, 2.45) is 0 Å². The van der Waals surface area contributed by atoms with E-state index in [4.69, 9.17) is 0 Å². The first-order valence-corrected chi connectivity index (χ1v) is 7.48. The number of rotatable bonds is 1. The Morgan fingerprint density at radius 3 is 2.85 bits per heavy atom. The summed E-state index contributed by atoms with van der Waals surface area (Å²) in [7, 11) is -2.75. The number of hydrogen-bond donors (Lipinski definition) is 1. The van der Waals surface area contributed by atoms with Gasteiger partial charge in [-0.2, -0.15) is 0 Å². The molecule has 0 bridgehead atoms. The van der Waals surface area contributed by atoms with E-state index >= 15 is 0 Å². The Morgan fingerprint density at radius 1 is 1.62 bits per heavy atom. The summed E-state index contributed by atoms with van der Waals surface area (Å²) in [6, 6.07) is 0.512. The van der Waals surface area contributed by atoms with Gasteiger partial charge in [0.1, 0.15) is 0 Å². The normalized spacial score (nSPS) is 43.0. The zero-order valence-corrected chi connectivity index (χ0v) is 9.38.